The number of piperidine rings is 1. The maximum absolute atomic E-state index is 13.7. The first kappa shape index (κ1) is 25.4. The maximum Gasteiger partial charge on any atom is 0.286 e. The van der Waals surface area contributed by atoms with Crippen LogP contribution in [-0.4, -0.2) is 73.3 Å². The van der Waals surface area contributed by atoms with Gasteiger partial charge in [-0.15, -0.1) is 0 Å². The molecule has 198 valence electrons. The molecule has 38 heavy (non-hydrogen) atoms. The lowest BCUT2D eigenvalue weighted by molar-refractivity contribution is -0.188. The molecule has 2 aromatic carbocycles. The molecule has 13 heteroatoms. The van der Waals surface area contributed by atoms with Crippen LogP contribution >= 0.6 is 0 Å². The molecule has 3 heterocycles. The van der Waals surface area contributed by atoms with E-state index in [0.29, 0.717) is 23.5 Å². The smallest absolute Gasteiger partial charge is 0.286 e. The van der Waals surface area contributed by atoms with Crippen molar-refractivity contribution in [1.82, 2.24) is 9.78 Å². The van der Waals surface area contributed by atoms with Crippen LogP contribution in [-0.2, 0) is 11.2 Å². The molecule has 3 aromatic rings. The largest absolute Gasteiger partial charge is 0.497 e. The molecule has 0 unspecified atom stereocenters. The first-order chi connectivity index (χ1) is 17.9. The predicted molar refractivity (Wildman–Crippen MR) is 132 cm³/mol. The third kappa shape index (κ3) is 4.07. The average Bonchev–Trinajstić information content (AvgIpc) is 3.25. The standard InChI is InChI=1S/C25H25N5O8/c1-38-17-9-7-16(8-10-17)30-20-18(19(27-30)21(26)31)13-25(36,37)29(22(20)32)15-5-3-14(4-6-15)28-12-2-11-24(34,35)23(28)33/h3-10,34-37H,2,11-13H2,1H3,(H2,26,31). The van der Waals surface area contributed by atoms with E-state index in [0.717, 1.165) is 4.90 Å². The lowest BCUT2D eigenvalue weighted by atomic mass is 9.98. The van der Waals surface area contributed by atoms with E-state index < -0.39 is 35.8 Å². The summed E-state index contributed by atoms with van der Waals surface area (Å²) in [6.45, 7) is 0.258. The molecular weight excluding hydrogens is 498 g/mol. The van der Waals surface area contributed by atoms with Crippen LogP contribution in [0.15, 0.2) is 48.5 Å². The Bertz CT molecular complexity index is 1430. The van der Waals surface area contributed by atoms with Gasteiger partial charge in [-0.3, -0.25) is 19.3 Å². The summed E-state index contributed by atoms with van der Waals surface area (Å²) in [5.74, 6) is -7.34. The fraction of sp³-hybridized carbons (Fsp3) is 0.280. The molecule has 2 aliphatic rings. The van der Waals surface area contributed by atoms with Gasteiger partial charge in [0.15, 0.2) is 5.69 Å². The second kappa shape index (κ2) is 8.92. The van der Waals surface area contributed by atoms with Gasteiger partial charge < -0.3 is 35.8 Å². The van der Waals surface area contributed by atoms with Crippen LogP contribution in [0.3, 0.4) is 0 Å². The number of aromatic nitrogens is 2. The molecule has 0 radical (unpaired) electrons. The maximum atomic E-state index is 13.7. The van der Waals surface area contributed by atoms with Gasteiger partial charge in [0.25, 0.3) is 23.6 Å². The van der Waals surface area contributed by atoms with E-state index in [1.165, 1.54) is 41.0 Å². The number of carbonyl (C=O) groups excluding carboxylic acids is 3. The number of amides is 3. The second-order valence-corrected chi connectivity index (χ2v) is 9.13. The Morgan fingerprint density at radius 3 is 2.18 bits per heavy atom. The van der Waals surface area contributed by atoms with Crippen LogP contribution in [0.4, 0.5) is 11.4 Å². The van der Waals surface area contributed by atoms with Crippen molar-refractivity contribution in [3.63, 3.8) is 0 Å². The zero-order valence-electron chi connectivity index (χ0n) is 20.2. The number of aliphatic hydroxyl groups is 4. The van der Waals surface area contributed by atoms with Crippen molar-refractivity contribution >= 4 is 29.1 Å². The number of methoxy groups -OCH3 is 1. The molecule has 0 aliphatic carbocycles. The van der Waals surface area contributed by atoms with Crippen molar-refractivity contribution in [3.05, 3.63) is 65.5 Å². The number of rotatable bonds is 5. The summed E-state index contributed by atoms with van der Waals surface area (Å²) in [7, 11) is 1.50. The molecule has 1 saturated heterocycles. The normalized spacial score (nSPS) is 18.3. The number of carbonyl (C=O) groups is 3. The van der Waals surface area contributed by atoms with Crippen molar-refractivity contribution in [1.29, 1.82) is 0 Å². The Kier molecular flexibility index (Phi) is 5.95. The number of hydrogen-bond donors (Lipinski definition) is 5. The number of hydrogen-bond acceptors (Lipinski definition) is 9. The van der Waals surface area contributed by atoms with Gasteiger partial charge in [0.1, 0.15) is 11.4 Å². The molecule has 1 fully saturated rings. The summed E-state index contributed by atoms with van der Waals surface area (Å²) in [6.07, 6.45) is -0.286. The fourth-order valence-electron chi connectivity index (χ4n) is 4.79. The fourth-order valence-corrected chi connectivity index (χ4v) is 4.79. The van der Waals surface area contributed by atoms with Crippen LogP contribution in [0.1, 0.15) is 39.4 Å². The summed E-state index contributed by atoms with van der Waals surface area (Å²) in [6, 6.07) is 12.2. The molecule has 0 saturated carbocycles. The van der Waals surface area contributed by atoms with Gasteiger partial charge in [0, 0.05) is 29.9 Å². The number of benzene rings is 2. The lowest BCUT2D eigenvalue weighted by Crippen LogP contribution is -2.57. The van der Waals surface area contributed by atoms with E-state index in [4.69, 9.17) is 10.5 Å². The van der Waals surface area contributed by atoms with Crippen LogP contribution < -0.4 is 20.3 Å². The van der Waals surface area contributed by atoms with Crippen LogP contribution in [0.5, 0.6) is 5.75 Å². The number of primary amides is 1. The second-order valence-electron chi connectivity index (χ2n) is 9.13. The van der Waals surface area contributed by atoms with Gasteiger partial charge in [-0.25, -0.2) is 4.68 Å². The zero-order valence-corrected chi connectivity index (χ0v) is 20.2. The van der Waals surface area contributed by atoms with Crippen molar-refractivity contribution in [2.45, 2.75) is 31.0 Å². The van der Waals surface area contributed by atoms with Crippen molar-refractivity contribution in [3.8, 4) is 11.4 Å². The van der Waals surface area contributed by atoms with Gasteiger partial charge in [0.05, 0.1) is 19.2 Å². The first-order valence-corrected chi connectivity index (χ1v) is 11.7. The Balaban J connectivity index is 1.55. The van der Waals surface area contributed by atoms with E-state index in [-0.39, 0.29) is 35.6 Å². The molecule has 5 rings (SSSR count). The summed E-state index contributed by atoms with van der Waals surface area (Å²) >= 11 is 0. The molecule has 0 spiro atoms. The highest BCUT2D eigenvalue weighted by molar-refractivity contribution is 6.10. The zero-order chi connectivity index (χ0) is 27.4. The third-order valence-electron chi connectivity index (χ3n) is 6.63. The van der Waals surface area contributed by atoms with Gasteiger partial charge >= 0.3 is 0 Å². The highest BCUT2D eigenvalue weighted by Crippen LogP contribution is 2.36. The minimum Gasteiger partial charge on any atom is -0.497 e. The topological polar surface area (TPSA) is 192 Å². The van der Waals surface area contributed by atoms with Gasteiger partial charge in [-0.1, -0.05) is 0 Å². The van der Waals surface area contributed by atoms with Gasteiger partial charge in [-0.2, -0.15) is 5.10 Å². The minimum absolute atomic E-state index is 0.0164. The number of nitrogens with two attached hydrogens (primary N) is 1. The Morgan fingerprint density at radius 1 is 0.974 bits per heavy atom. The van der Waals surface area contributed by atoms with Gasteiger partial charge in [-0.05, 0) is 55.0 Å². The summed E-state index contributed by atoms with van der Waals surface area (Å²) in [4.78, 5) is 40.2. The van der Waals surface area contributed by atoms with Crippen molar-refractivity contribution in [2.75, 3.05) is 23.5 Å². The van der Waals surface area contributed by atoms with Crippen LogP contribution in [0.2, 0.25) is 0 Å². The average molecular weight is 524 g/mol. The SMILES string of the molecule is COc1ccc(-n2nc(C(N)=O)c3c2C(=O)N(c2ccc(N4CCCC(O)(O)C4=O)cc2)C(O)(O)C3)cc1. The molecule has 1 aromatic heterocycles. The lowest BCUT2D eigenvalue weighted by Gasteiger charge is -2.39. The molecule has 3 amide bonds. The van der Waals surface area contributed by atoms with E-state index in [1.54, 1.807) is 24.3 Å². The number of fused-ring (bicyclic) bond motifs is 1. The monoisotopic (exact) mass is 523 g/mol. The van der Waals surface area contributed by atoms with E-state index in [2.05, 4.69) is 5.10 Å². The van der Waals surface area contributed by atoms with E-state index in [9.17, 15) is 34.8 Å². The van der Waals surface area contributed by atoms with Crippen LogP contribution in [0, 0.1) is 0 Å². The summed E-state index contributed by atoms with van der Waals surface area (Å²) < 4.78 is 6.37. The summed E-state index contributed by atoms with van der Waals surface area (Å²) in [5, 5.41) is 45.9. The van der Waals surface area contributed by atoms with Crippen molar-refractivity contribution < 1.29 is 39.5 Å². The quantitative estimate of drug-likeness (QED) is 0.278. The summed E-state index contributed by atoms with van der Waals surface area (Å²) in [5.41, 5.74) is 5.92. The molecular formula is C25H25N5O8. The Hall–Kier alpha value is -4.30. The third-order valence-corrected chi connectivity index (χ3v) is 6.63. The highest BCUT2D eigenvalue weighted by atomic mass is 16.5. The Labute approximate surface area is 215 Å². The van der Waals surface area contributed by atoms with Crippen LogP contribution in [0.25, 0.3) is 5.69 Å². The highest BCUT2D eigenvalue weighted by Gasteiger charge is 2.48. The predicted octanol–water partition coefficient (Wildman–Crippen LogP) is -0.371. The number of nitrogens with zero attached hydrogens (tertiary/aromatic N) is 4. The number of anilines is 2. The molecule has 6 N–H and O–H groups in total. The van der Waals surface area contributed by atoms with E-state index >= 15 is 0 Å². The minimum atomic E-state index is -2.74. The van der Waals surface area contributed by atoms with Crippen molar-refractivity contribution in [2.24, 2.45) is 5.73 Å². The van der Waals surface area contributed by atoms with E-state index in [1.807, 2.05) is 0 Å². The molecule has 2 aliphatic heterocycles. The Morgan fingerprint density at radius 2 is 1.58 bits per heavy atom. The van der Waals surface area contributed by atoms with Gasteiger partial charge in [0.2, 0.25) is 5.79 Å². The first-order valence-electron chi connectivity index (χ1n) is 11.7. The molecule has 0 atom stereocenters. The molecule has 13 nitrogen and oxygen atoms in total. The number of ether oxygens (including phenoxy) is 1. The molecule has 0 bridgehead atoms.